The molecule has 0 saturated heterocycles. The molecule has 1 aromatic carbocycles. The Labute approximate surface area is 155 Å². The van der Waals surface area contributed by atoms with Gasteiger partial charge in [0.25, 0.3) is 5.91 Å². The number of amides is 1. The minimum Gasteiger partial charge on any atom is -0.463 e. The van der Waals surface area contributed by atoms with E-state index in [0.717, 1.165) is 16.4 Å². The Morgan fingerprint density at radius 2 is 1.77 bits per heavy atom. The quantitative estimate of drug-likeness (QED) is 0.669. The average Bonchev–Trinajstić information content (AvgIpc) is 3.29. The summed E-state index contributed by atoms with van der Waals surface area (Å²) in [6, 6.07) is 14.2. The molecular weight excluding hydrogens is 354 g/mol. The lowest BCUT2D eigenvalue weighted by molar-refractivity contribution is -0.921. The Morgan fingerprint density at radius 3 is 2.31 bits per heavy atom. The van der Waals surface area contributed by atoms with Crippen molar-refractivity contribution in [3.8, 4) is 6.07 Å². The monoisotopic (exact) mass is 370 g/mol. The molecule has 6 nitrogen and oxygen atoms in total. The number of nitrogens with one attached hydrogen (secondary N) is 2. The summed E-state index contributed by atoms with van der Waals surface area (Å²) >= 11 is 5.96. The van der Waals surface area contributed by atoms with Crippen LogP contribution in [0.15, 0.2) is 63.8 Å². The first kappa shape index (κ1) is 17.8. The molecule has 26 heavy (non-hydrogen) atoms. The highest BCUT2D eigenvalue weighted by molar-refractivity contribution is 6.31. The predicted octanol–water partition coefficient (Wildman–Crippen LogP) is 2.62. The highest BCUT2D eigenvalue weighted by atomic mass is 35.5. The Morgan fingerprint density at radius 1 is 1.12 bits per heavy atom. The number of anilines is 1. The Kier molecular flexibility index (Phi) is 5.74. The van der Waals surface area contributed by atoms with E-state index in [2.05, 4.69) is 5.32 Å². The molecule has 0 bridgehead atoms. The van der Waals surface area contributed by atoms with Crippen LogP contribution in [0, 0.1) is 11.3 Å². The van der Waals surface area contributed by atoms with E-state index in [9.17, 15) is 10.1 Å². The summed E-state index contributed by atoms with van der Waals surface area (Å²) in [5.41, 5.74) is 0.765. The van der Waals surface area contributed by atoms with Gasteiger partial charge in [-0.15, -0.1) is 0 Å². The van der Waals surface area contributed by atoms with Crippen LogP contribution < -0.4 is 10.2 Å². The van der Waals surface area contributed by atoms with Crippen molar-refractivity contribution in [2.24, 2.45) is 0 Å². The van der Waals surface area contributed by atoms with E-state index in [1.54, 1.807) is 30.7 Å². The third-order valence-corrected chi connectivity index (χ3v) is 4.03. The second-order valence-electron chi connectivity index (χ2n) is 5.79. The number of nitriles is 1. The molecule has 3 rings (SSSR count). The van der Waals surface area contributed by atoms with Gasteiger partial charge >= 0.3 is 0 Å². The lowest BCUT2D eigenvalue weighted by atomic mass is 10.2. The standard InChI is InChI=1S/C19H16ClN3O3/c20-15-6-5-14(10-21)18(9-15)22-19(24)13-23(11-16-3-1-7-25-16)12-17-4-2-8-26-17/h1-9H,11-13H2,(H,22,24)/p+1. The van der Waals surface area contributed by atoms with Crippen LogP contribution in [0.4, 0.5) is 5.69 Å². The van der Waals surface area contributed by atoms with Crippen molar-refractivity contribution in [2.45, 2.75) is 13.1 Å². The number of benzene rings is 1. The number of hydrogen-bond acceptors (Lipinski definition) is 4. The summed E-state index contributed by atoms with van der Waals surface area (Å²) in [7, 11) is 0. The Hall–Kier alpha value is -3.01. The highest BCUT2D eigenvalue weighted by Gasteiger charge is 2.19. The van der Waals surface area contributed by atoms with Crippen molar-refractivity contribution in [1.29, 1.82) is 5.26 Å². The SMILES string of the molecule is N#Cc1ccc(Cl)cc1NC(=O)C[NH+](Cc1ccco1)Cc1ccco1. The van der Waals surface area contributed by atoms with Gasteiger partial charge < -0.3 is 19.1 Å². The normalized spacial score (nSPS) is 10.7. The van der Waals surface area contributed by atoms with E-state index < -0.39 is 0 Å². The first-order valence-corrected chi connectivity index (χ1v) is 8.39. The zero-order valence-corrected chi connectivity index (χ0v) is 14.6. The van der Waals surface area contributed by atoms with Crippen molar-refractivity contribution in [3.63, 3.8) is 0 Å². The number of nitrogens with zero attached hydrogens (tertiary/aromatic N) is 1. The number of hydrogen-bond donors (Lipinski definition) is 2. The van der Waals surface area contributed by atoms with Crippen molar-refractivity contribution in [1.82, 2.24) is 0 Å². The summed E-state index contributed by atoms with van der Waals surface area (Å²) in [5, 5.41) is 12.4. The summed E-state index contributed by atoms with van der Waals surface area (Å²) in [4.78, 5) is 13.5. The van der Waals surface area contributed by atoms with Crippen LogP contribution in [-0.4, -0.2) is 12.5 Å². The van der Waals surface area contributed by atoms with Crippen LogP contribution in [0.2, 0.25) is 5.02 Å². The molecule has 1 amide bonds. The van der Waals surface area contributed by atoms with Crippen LogP contribution in [0.3, 0.4) is 0 Å². The maximum Gasteiger partial charge on any atom is 0.279 e. The predicted molar refractivity (Wildman–Crippen MR) is 95.5 cm³/mol. The molecule has 0 aliphatic carbocycles. The highest BCUT2D eigenvalue weighted by Crippen LogP contribution is 2.20. The van der Waals surface area contributed by atoms with Gasteiger partial charge in [0.05, 0.1) is 23.8 Å². The van der Waals surface area contributed by atoms with E-state index in [-0.39, 0.29) is 12.5 Å². The van der Waals surface area contributed by atoms with Gasteiger partial charge in [-0.1, -0.05) is 11.6 Å². The van der Waals surface area contributed by atoms with Gasteiger partial charge in [-0.25, -0.2) is 0 Å². The summed E-state index contributed by atoms with van der Waals surface area (Å²) in [6.07, 6.45) is 3.20. The molecule has 2 N–H and O–H groups in total. The maximum atomic E-state index is 12.5. The third kappa shape index (κ3) is 4.76. The van der Waals surface area contributed by atoms with Crippen LogP contribution in [0.5, 0.6) is 0 Å². The number of carbonyl (C=O) groups is 1. The number of furan rings is 2. The van der Waals surface area contributed by atoms with Gasteiger partial charge in [0, 0.05) is 5.02 Å². The number of halogens is 1. The molecule has 7 heteroatoms. The van der Waals surface area contributed by atoms with Gasteiger partial charge in [0.1, 0.15) is 19.2 Å². The van der Waals surface area contributed by atoms with Gasteiger partial charge in [-0.2, -0.15) is 5.26 Å². The van der Waals surface area contributed by atoms with E-state index in [1.165, 1.54) is 0 Å². The number of rotatable bonds is 7. The molecular formula is C19H17ClN3O3+. The van der Waals surface area contributed by atoms with Gasteiger partial charge in [-0.05, 0) is 42.5 Å². The lowest BCUT2D eigenvalue weighted by Gasteiger charge is -2.17. The summed E-state index contributed by atoms with van der Waals surface area (Å²) in [6.45, 7) is 1.24. The van der Waals surface area contributed by atoms with Crippen LogP contribution in [0.25, 0.3) is 0 Å². The molecule has 0 aliphatic heterocycles. The molecule has 0 atom stereocenters. The fourth-order valence-corrected chi connectivity index (χ4v) is 2.82. The molecule has 0 aliphatic rings. The lowest BCUT2D eigenvalue weighted by Crippen LogP contribution is -3.10. The smallest absolute Gasteiger partial charge is 0.279 e. The van der Waals surface area contributed by atoms with Crippen molar-refractivity contribution < 1.29 is 18.5 Å². The van der Waals surface area contributed by atoms with Gasteiger partial charge in [-0.3, -0.25) is 4.79 Å². The van der Waals surface area contributed by atoms with Gasteiger partial charge in [0.2, 0.25) is 0 Å². The van der Waals surface area contributed by atoms with Crippen LogP contribution in [-0.2, 0) is 17.9 Å². The van der Waals surface area contributed by atoms with E-state index in [0.29, 0.717) is 29.4 Å². The second-order valence-corrected chi connectivity index (χ2v) is 6.23. The Balaban J connectivity index is 1.70. The van der Waals surface area contributed by atoms with E-state index in [1.807, 2.05) is 30.3 Å². The minimum atomic E-state index is -0.225. The van der Waals surface area contributed by atoms with Crippen LogP contribution >= 0.6 is 11.6 Å². The number of quaternary nitrogens is 1. The van der Waals surface area contributed by atoms with Crippen molar-refractivity contribution in [2.75, 3.05) is 11.9 Å². The summed E-state index contributed by atoms with van der Waals surface area (Å²) in [5.74, 6) is 1.33. The third-order valence-electron chi connectivity index (χ3n) is 3.80. The van der Waals surface area contributed by atoms with Crippen molar-refractivity contribution in [3.05, 3.63) is 77.1 Å². The van der Waals surface area contributed by atoms with Crippen molar-refractivity contribution >= 4 is 23.2 Å². The second kappa shape index (κ2) is 8.39. The minimum absolute atomic E-state index is 0.179. The van der Waals surface area contributed by atoms with E-state index in [4.69, 9.17) is 20.4 Å². The summed E-state index contributed by atoms with van der Waals surface area (Å²) < 4.78 is 10.8. The van der Waals surface area contributed by atoms with Crippen LogP contribution in [0.1, 0.15) is 17.1 Å². The zero-order valence-electron chi connectivity index (χ0n) is 13.9. The molecule has 132 valence electrons. The Bertz CT molecular complexity index is 863. The molecule has 0 spiro atoms. The topological polar surface area (TPSA) is 83.6 Å². The average molecular weight is 371 g/mol. The maximum absolute atomic E-state index is 12.5. The molecule has 0 saturated carbocycles. The number of carbonyl (C=O) groups excluding carboxylic acids is 1. The molecule has 0 unspecified atom stereocenters. The van der Waals surface area contributed by atoms with E-state index >= 15 is 0 Å². The molecule has 2 heterocycles. The molecule has 0 radical (unpaired) electrons. The zero-order chi connectivity index (χ0) is 18.4. The first-order chi connectivity index (χ1) is 12.6. The largest absolute Gasteiger partial charge is 0.463 e. The van der Waals surface area contributed by atoms with Gasteiger partial charge in [0.15, 0.2) is 18.1 Å². The molecule has 0 fully saturated rings. The fraction of sp³-hybridized carbons (Fsp3) is 0.158. The first-order valence-electron chi connectivity index (χ1n) is 8.02. The molecule has 2 aromatic heterocycles. The molecule has 3 aromatic rings. The fourth-order valence-electron chi connectivity index (χ4n) is 2.65.